The fourth-order valence-electron chi connectivity index (χ4n) is 3.26. The SMILES string of the molecule is CN(C)/C=C/c1cc[n+]2c(c1)C(C)(C)c1cc(CCO)ccc1-2. The second kappa shape index (κ2) is 5.82. The molecule has 1 aromatic heterocycles. The van der Waals surface area contributed by atoms with Crippen LogP contribution in [0.25, 0.3) is 11.8 Å². The molecule has 120 valence electrons. The minimum Gasteiger partial charge on any atom is -0.396 e. The molecule has 2 aromatic rings. The molecule has 0 amide bonds. The topological polar surface area (TPSA) is 27.4 Å². The van der Waals surface area contributed by atoms with E-state index < -0.39 is 0 Å². The van der Waals surface area contributed by atoms with E-state index in [2.05, 4.69) is 67.2 Å². The second-order valence-corrected chi connectivity index (χ2v) is 6.94. The molecular weight excluding hydrogens is 284 g/mol. The van der Waals surface area contributed by atoms with Crippen LogP contribution in [0.3, 0.4) is 0 Å². The average Bonchev–Trinajstić information content (AvgIpc) is 2.74. The maximum atomic E-state index is 9.20. The van der Waals surface area contributed by atoms with Gasteiger partial charge in [-0.05, 0) is 49.7 Å². The Labute approximate surface area is 138 Å². The van der Waals surface area contributed by atoms with Gasteiger partial charge >= 0.3 is 0 Å². The van der Waals surface area contributed by atoms with Gasteiger partial charge in [-0.1, -0.05) is 6.07 Å². The lowest BCUT2D eigenvalue weighted by Gasteiger charge is -2.15. The van der Waals surface area contributed by atoms with Gasteiger partial charge in [0.25, 0.3) is 0 Å². The first-order valence-corrected chi connectivity index (χ1v) is 8.09. The Hall–Kier alpha value is -2.13. The Kier molecular flexibility index (Phi) is 3.99. The molecule has 0 bridgehead atoms. The lowest BCUT2D eigenvalue weighted by atomic mass is 9.82. The third-order valence-electron chi connectivity index (χ3n) is 4.58. The van der Waals surface area contributed by atoms with Gasteiger partial charge in [-0.25, -0.2) is 0 Å². The number of fused-ring (bicyclic) bond motifs is 3. The van der Waals surface area contributed by atoms with Crippen molar-refractivity contribution in [2.45, 2.75) is 25.7 Å². The molecule has 3 heteroatoms. The van der Waals surface area contributed by atoms with Crippen molar-refractivity contribution in [2.75, 3.05) is 20.7 Å². The zero-order chi connectivity index (χ0) is 16.6. The van der Waals surface area contributed by atoms with Crippen LogP contribution in [0.2, 0.25) is 0 Å². The van der Waals surface area contributed by atoms with Gasteiger partial charge in [0.2, 0.25) is 5.69 Å². The minimum atomic E-state index is -0.0389. The van der Waals surface area contributed by atoms with Crippen molar-refractivity contribution in [3.05, 3.63) is 65.1 Å². The lowest BCUT2D eigenvalue weighted by molar-refractivity contribution is -0.599. The maximum absolute atomic E-state index is 9.20. The third kappa shape index (κ3) is 2.77. The van der Waals surface area contributed by atoms with Crippen LogP contribution in [0, 0.1) is 0 Å². The van der Waals surface area contributed by atoms with E-state index in [0.717, 1.165) is 0 Å². The molecule has 0 radical (unpaired) electrons. The normalized spacial score (nSPS) is 14.8. The van der Waals surface area contributed by atoms with Crippen LogP contribution in [0.5, 0.6) is 0 Å². The number of aliphatic hydroxyl groups excluding tert-OH is 1. The summed E-state index contributed by atoms with van der Waals surface area (Å²) >= 11 is 0. The van der Waals surface area contributed by atoms with Gasteiger partial charge in [0, 0.05) is 44.5 Å². The van der Waals surface area contributed by atoms with E-state index in [9.17, 15) is 5.11 Å². The van der Waals surface area contributed by atoms with E-state index >= 15 is 0 Å². The summed E-state index contributed by atoms with van der Waals surface area (Å²) in [7, 11) is 4.06. The molecule has 1 N–H and O–H groups in total. The number of aliphatic hydroxyl groups is 1. The summed E-state index contributed by atoms with van der Waals surface area (Å²) in [4.78, 5) is 2.04. The Morgan fingerprint density at radius 1 is 1.17 bits per heavy atom. The van der Waals surface area contributed by atoms with Crippen molar-refractivity contribution in [2.24, 2.45) is 0 Å². The molecule has 1 aliphatic rings. The first-order chi connectivity index (χ1) is 10.9. The van der Waals surface area contributed by atoms with Crippen molar-refractivity contribution < 1.29 is 9.67 Å². The largest absolute Gasteiger partial charge is 0.396 e. The molecule has 0 fully saturated rings. The van der Waals surface area contributed by atoms with Gasteiger partial charge in [-0.2, -0.15) is 4.57 Å². The highest BCUT2D eigenvalue weighted by Gasteiger charge is 2.43. The van der Waals surface area contributed by atoms with Crippen molar-refractivity contribution >= 4 is 6.08 Å². The first-order valence-electron chi connectivity index (χ1n) is 8.09. The average molecular weight is 309 g/mol. The van der Waals surface area contributed by atoms with Crippen LogP contribution >= 0.6 is 0 Å². The van der Waals surface area contributed by atoms with Gasteiger partial charge in [0.1, 0.15) is 0 Å². The summed E-state index contributed by atoms with van der Waals surface area (Å²) in [6.45, 7) is 4.73. The Morgan fingerprint density at radius 2 is 1.96 bits per heavy atom. The molecule has 1 aliphatic heterocycles. The Bertz CT molecular complexity index is 760. The van der Waals surface area contributed by atoms with Crippen molar-refractivity contribution in [1.29, 1.82) is 0 Å². The minimum absolute atomic E-state index is 0.0389. The molecule has 0 unspecified atom stereocenters. The van der Waals surface area contributed by atoms with Crippen LogP contribution in [-0.4, -0.2) is 30.7 Å². The monoisotopic (exact) mass is 309 g/mol. The number of pyridine rings is 1. The molecule has 0 saturated heterocycles. The standard InChI is InChI=1S/C20H25N2O/c1-20(2)17-13-15(9-12-23)5-6-18(17)22-11-8-16(14-19(20)22)7-10-21(3)4/h5-8,10-11,13-14,23H,9,12H2,1-4H3/q+1. The zero-order valence-electron chi connectivity index (χ0n) is 14.4. The summed E-state index contributed by atoms with van der Waals surface area (Å²) in [5.74, 6) is 0. The predicted molar refractivity (Wildman–Crippen MR) is 93.6 cm³/mol. The quantitative estimate of drug-likeness (QED) is 0.879. The van der Waals surface area contributed by atoms with Gasteiger partial charge in [0.05, 0.1) is 5.41 Å². The zero-order valence-corrected chi connectivity index (χ0v) is 14.4. The highest BCUT2D eigenvalue weighted by atomic mass is 16.2. The number of nitrogens with zero attached hydrogens (tertiary/aromatic N) is 2. The molecule has 2 heterocycles. The van der Waals surface area contributed by atoms with Gasteiger partial charge < -0.3 is 10.0 Å². The van der Waals surface area contributed by atoms with Gasteiger partial charge in [-0.15, -0.1) is 0 Å². The fraction of sp³-hybridized carbons (Fsp3) is 0.350. The third-order valence-corrected chi connectivity index (χ3v) is 4.58. The summed E-state index contributed by atoms with van der Waals surface area (Å²) in [6.07, 6.45) is 7.07. The molecule has 0 saturated carbocycles. The van der Waals surface area contributed by atoms with Gasteiger partial charge in [-0.3, -0.25) is 0 Å². The van der Waals surface area contributed by atoms with Crippen LogP contribution in [0.4, 0.5) is 0 Å². The fourth-order valence-corrected chi connectivity index (χ4v) is 3.26. The molecule has 0 spiro atoms. The summed E-state index contributed by atoms with van der Waals surface area (Å²) in [6, 6.07) is 11.0. The van der Waals surface area contributed by atoms with E-state index in [-0.39, 0.29) is 12.0 Å². The van der Waals surface area contributed by atoms with E-state index in [4.69, 9.17) is 0 Å². The highest BCUT2D eigenvalue weighted by Crippen LogP contribution is 2.38. The first kappa shape index (κ1) is 15.8. The molecular formula is C20H25N2O+. The summed E-state index contributed by atoms with van der Waals surface area (Å²) in [5.41, 5.74) is 6.24. The maximum Gasteiger partial charge on any atom is 0.215 e. The van der Waals surface area contributed by atoms with Gasteiger partial charge in [0.15, 0.2) is 11.9 Å². The van der Waals surface area contributed by atoms with E-state index in [0.29, 0.717) is 6.42 Å². The Morgan fingerprint density at radius 3 is 2.65 bits per heavy atom. The number of hydrogen-bond acceptors (Lipinski definition) is 2. The number of rotatable bonds is 4. The smallest absolute Gasteiger partial charge is 0.215 e. The van der Waals surface area contributed by atoms with Crippen molar-refractivity contribution in [3.8, 4) is 5.69 Å². The number of hydrogen-bond donors (Lipinski definition) is 1. The molecule has 23 heavy (non-hydrogen) atoms. The Balaban J connectivity index is 2.07. The predicted octanol–water partition coefficient (Wildman–Crippen LogP) is 2.67. The van der Waals surface area contributed by atoms with Crippen molar-refractivity contribution in [1.82, 2.24) is 4.90 Å². The lowest BCUT2D eigenvalue weighted by Crippen LogP contribution is -2.34. The molecule has 0 aliphatic carbocycles. The van der Waals surface area contributed by atoms with Crippen LogP contribution in [-0.2, 0) is 11.8 Å². The van der Waals surface area contributed by atoms with E-state index in [1.807, 2.05) is 19.0 Å². The number of benzene rings is 1. The molecule has 0 atom stereocenters. The molecule has 3 rings (SSSR count). The molecule has 3 nitrogen and oxygen atoms in total. The van der Waals surface area contributed by atoms with Crippen molar-refractivity contribution in [3.63, 3.8) is 0 Å². The second-order valence-electron chi connectivity index (χ2n) is 6.94. The summed E-state index contributed by atoms with van der Waals surface area (Å²) in [5, 5.41) is 9.20. The number of aromatic nitrogens is 1. The summed E-state index contributed by atoms with van der Waals surface area (Å²) < 4.78 is 2.28. The van der Waals surface area contributed by atoms with E-state index in [1.165, 1.54) is 28.1 Å². The van der Waals surface area contributed by atoms with E-state index in [1.54, 1.807) is 0 Å². The molecule has 1 aromatic carbocycles. The highest BCUT2D eigenvalue weighted by molar-refractivity contribution is 5.54. The van der Waals surface area contributed by atoms with Crippen LogP contribution in [0.1, 0.15) is 36.2 Å². The van der Waals surface area contributed by atoms with Crippen LogP contribution < -0.4 is 4.57 Å². The van der Waals surface area contributed by atoms with Crippen LogP contribution in [0.15, 0.2) is 42.7 Å².